The lowest BCUT2D eigenvalue weighted by atomic mass is 9.81. The lowest BCUT2D eigenvalue weighted by molar-refractivity contribution is 0.0156. The van der Waals surface area contributed by atoms with Crippen molar-refractivity contribution in [3.63, 3.8) is 0 Å². The average Bonchev–Trinajstić information content (AvgIpc) is 2.39. The van der Waals surface area contributed by atoms with E-state index in [1.807, 2.05) is 36.4 Å². The SMILES string of the molecule is CO[C@H](c1ccccc1-c1ccccc1F)C(C)(C)C. The van der Waals surface area contributed by atoms with E-state index in [0.717, 1.165) is 11.1 Å². The number of hydrogen-bond donors (Lipinski definition) is 0. The monoisotopic (exact) mass is 272 g/mol. The quantitative estimate of drug-likeness (QED) is 0.743. The van der Waals surface area contributed by atoms with E-state index in [4.69, 9.17) is 4.74 Å². The first-order chi connectivity index (χ1) is 9.45. The molecule has 0 saturated heterocycles. The van der Waals surface area contributed by atoms with E-state index in [9.17, 15) is 4.39 Å². The van der Waals surface area contributed by atoms with Crippen LogP contribution in [-0.2, 0) is 4.74 Å². The number of rotatable bonds is 3. The van der Waals surface area contributed by atoms with Crippen LogP contribution in [0.5, 0.6) is 0 Å². The van der Waals surface area contributed by atoms with Crippen molar-refractivity contribution in [1.29, 1.82) is 0 Å². The standard InChI is InChI=1S/C18H21FO/c1-18(2,3)17(20-4)15-11-6-5-9-13(15)14-10-7-8-12-16(14)19/h5-12,17H,1-4H3/t17-/m1/s1. The molecule has 0 spiro atoms. The number of methoxy groups -OCH3 is 1. The van der Waals surface area contributed by atoms with Gasteiger partial charge in [0.25, 0.3) is 0 Å². The smallest absolute Gasteiger partial charge is 0.131 e. The highest BCUT2D eigenvalue weighted by molar-refractivity contribution is 5.68. The molecule has 0 amide bonds. The Balaban J connectivity index is 2.60. The van der Waals surface area contributed by atoms with Gasteiger partial charge in [0.2, 0.25) is 0 Å². The maximum atomic E-state index is 14.1. The van der Waals surface area contributed by atoms with Crippen LogP contribution in [-0.4, -0.2) is 7.11 Å². The van der Waals surface area contributed by atoms with Crippen LogP contribution in [0.1, 0.15) is 32.4 Å². The van der Waals surface area contributed by atoms with Crippen molar-refractivity contribution in [3.8, 4) is 11.1 Å². The Hall–Kier alpha value is -1.67. The molecule has 0 aliphatic heterocycles. The fourth-order valence-electron chi connectivity index (χ4n) is 2.60. The second-order valence-corrected chi connectivity index (χ2v) is 6.05. The van der Waals surface area contributed by atoms with Gasteiger partial charge in [-0.1, -0.05) is 63.2 Å². The second kappa shape index (κ2) is 5.76. The van der Waals surface area contributed by atoms with Crippen molar-refractivity contribution >= 4 is 0 Å². The Kier molecular flexibility index (Phi) is 4.24. The third kappa shape index (κ3) is 2.91. The Morgan fingerprint density at radius 2 is 1.45 bits per heavy atom. The van der Waals surface area contributed by atoms with Crippen molar-refractivity contribution in [1.82, 2.24) is 0 Å². The summed E-state index contributed by atoms with van der Waals surface area (Å²) in [5, 5.41) is 0. The van der Waals surface area contributed by atoms with E-state index in [2.05, 4.69) is 20.8 Å². The van der Waals surface area contributed by atoms with Gasteiger partial charge in [-0.15, -0.1) is 0 Å². The van der Waals surface area contributed by atoms with Crippen molar-refractivity contribution in [3.05, 3.63) is 59.9 Å². The number of hydrogen-bond acceptors (Lipinski definition) is 1. The van der Waals surface area contributed by atoms with Crippen LogP contribution in [0.3, 0.4) is 0 Å². The summed E-state index contributed by atoms with van der Waals surface area (Å²) in [5.74, 6) is -0.205. The largest absolute Gasteiger partial charge is 0.376 e. The maximum absolute atomic E-state index is 14.1. The molecule has 0 heterocycles. The minimum atomic E-state index is -0.205. The molecule has 2 aromatic carbocycles. The first-order valence-electron chi connectivity index (χ1n) is 6.81. The molecule has 0 bridgehead atoms. The topological polar surface area (TPSA) is 9.23 Å². The van der Waals surface area contributed by atoms with Crippen molar-refractivity contribution in [2.45, 2.75) is 26.9 Å². The molecule has 0 aliphatic rings. The highest BCUT2D eigenvalue weighted by Gasteiger charge is 2.28. The summed E-state index contributed by atoms with van der Waals surface area (Å²) in [7, 11) is 1.70. The van der Waals surface area contributed by atoms with E-state index in [-0.39, 0.29) is 17.3 Å². The molecule has 1 atom stereocenters. The third-order valence-electron chi connectivity index (χ3n) is 3.43. The zero-order valence-corrected chi connectivity index (χ0v) is 12.5. The molecule has 106 valence electrons. The first kappa shape index (κ1) is 14.7. The van der Waals surface area contributed by atoms with Gasteiger partial charge in [0.05, 0.1) is 6.10 Å². The highest BCUT2D eigenvalue weighted by Crippen LogP contribution is 2.40. The van der Waals surface area contributed by atoms with Crippen LogP contribution in [0.25, 0.3) is 11.1 Å². The predicted molar refractivity (Wildman–Crippen MR) is 81.0 cm³/mol. The Bertz CT molecular complexity index is 584. The van der Waals surface area contributed by atoms with Gasteiger partial charge in [0.1, 0.15) is 5.82 Å². The molecule has 0 aliphatic carbocycles. The summed E-state index contributed by atoms with van der Waals surface area (Å²) in [6.45, 7) is 6.37. The summed E-state index contributed by atoms with van der Waals surface area (Å²) in [5.41, 5.74) is 2.48. The van der Waals surface area contributed by atoms with Crippen molar-refractivity contribution in [2.24, 2.45) is 5.41 Å². The third-order valence-corrected chi connectivity index (χ3v) is 3.43. The fourth-order valence-corrected chi connectivity index (χ4v) is 2.60. The molecule has 0 radical (unpaired) electrons. The molecule has 2 rings (SSSR count). The summed E-state index contributed by atoms with van der Waals surface area (Å²) < 4.78 is 19.8. The Morgan fingerprint density at radius 1 is 0.900 bits per heavy atom. The van der Waals surface area contributed by atoms with Crippen LogP contribution in [0.4, 0.5) is 4.39 Å². The van der Waals surface area contributed by atoms with Gasteiger partial charge in [0, 0.05) is 12.7 Å². The molecule has 0 unspecified atom stereocenters. The first-order valence-corrected chi connectivity index (χ1v) is 6.81. The molecule has 2 aromatic rings. The molecule has 0 fully saturated rings. The van der Waals surface area contributed by atoms with Gasteiger partial charge in [0.15, 0.2) is 0 Å². The minimum absolute atomic E-state index is 0.0594. The second-order valence-electron chi connectivity index (χ2n) is 6.05. The fraction of sp³-hybridized carbons (Fsp3) is 0.333. The summed E-state index contributed by atoms with van der Waals surface area (Å²) in [6, 6.07) is 14.7. The zero-order chi connectivity index (χ0) is 14.8. The van der Waals surface area contributed by atoms with E-state index >= 15 is 0 Å². The van der Waals surface area contributed by atoms with E-state index in [1.54, 1.807) is 13.2 Å². The predicted octanol–water partition coefficient (Wildman–Crippen LogP) is 5.23. The van der Waals surface area contributed by atoms with Crippen LogP contribution >= 0.6 is 0 Å². The number of halogens is 1. The number of benzene rings is 2. The molecule has 0 saturated carbocycles. The van der Waals surface area contributed by atoms with Crippen LogP contribution in [0, 0.1) is 11.2 Å². The van der Waals surface area contributed by atoms with Crippen LogP contribution in [0.15, 0.2) is 48.5 Å². The van der Waals surface area contributed by atoms with E-state index < -0.39 is 0 Å². The molecule has 0 aromatic heterocycles. The number of ether oxygens (including phenoxy) is 1. The molecule has 2 heteroatoms. The van der Waals surface area contributed by atoms with Gasteiger partial charge in [-0.3, -0.25) is 0 Å². The Morgan fingerprint density at radius 3 is 2.00 bits per heavy atom. The molecule has 1 nitrogen and oxygen atoms in total. The summed E-state index contributed by atoms with van der Waals surface area (Å²) in [6.07, 6.45) is -0.0849. The van der Waals surface area contributed by atoms with E-state index in [0.29, 0.717) is 5.56 Å². The lowest BCUT2D eigenvalue weighted by Gasteiger charge is -2.31. The van der Waals surface area contributed by atoms with Gasteiger partial charge in [-0.05, 0) is 22.6 Å². The van der Waals surface area contributed by atoms with Crippen LogP contribution < -0.4 is 0 Å². The Labute approximate surface area is 120 Å². The highest BCUT2D eigenvalue weighted by atomic mass is 19.1. The van der Waals surface area contributed by atoms with Gasteiger partial charge < -0.3 is 4.74 Å². The molecular weight excluding hydrogens is 251 g/mol. The molecule has 20 heavy (non-hydrogen) atoms. The van der Waals surface area contributed by atoms with Gasteiger partial charge >= 0.3 is 0 Å². The van der Waals surface area contributed by atoms with E-state index in [1.165, 1.54) is 6.07 Å². The zero-order valence-electron chi connectivity index (χ0n) is 12.5. The normalized spacial score (nSPS) is 13.2. The average molecular weight is 272 g/mol. The van der Waals surface area contributed by atoms with Crippen LogP contribution in [0.2, 0.25) is 0 Å². The lowest BCUT2D eigenvalue weighted by Crippen LogP contribution is -2.20. The summed E-state index contributed by atoms with van der Waals surface area (Å²) >= 11 is 0. The van der Waals surface area contributed by atoms with Gasteiger partial charge in [-0.25, -0.2) is 4.39 Å². The van der Waals surface area contributed by atoms with Crippen molar-refractivity contribution in [2.75, 3.05) is 7.11 Å². The summed E-state index contributed by atoms with van der Waals surface area (Å²) in [4.78, 5) is 0. The maximum Gasteiger partial charge on any atom is 0.131 e. The minimum Gasteiger partial charge on any atom is -0.376 e. The molecular formula is C18H21FO. The van der Waals surface area contributed by atoms with Crippen molar-refractivity contribution < 1.29 is 9.13 Å². The van der Waals surface area contributed by atoms with Gasteiger partial charge in [-0.2, -0.15) is 0 Å². The molecule has 0 N–H and O–H groups in total.